The standard InChI is InChI=1S/C25H27ClIN7O5/c1-13-5-8-17(39-13)23(25(2,3)4)29-20-19(21(36)22(20)37)28-16-7-6-15(26)14(18(16)27)11-33(12-35)9-10-34-24(38)30-31-32-34/h5-8,12,23,28-29H,9-11H2,1-4H3,(H,30,32,38)/t23-/m0/s1. The predicted molar refractivity (Wildman–Crippen MR) is 155 cm³/mol. The molecule has 0 saturated heterocycles. The molecule has 14 heteroatoms. The minimum Gasteiger partial charge on any atom is -0.464 e. The summed E-state index contributed by atoms with van der Waals surface area (Å²) in [5, 5.41) is 16.0. The lowest BCUT2D eigenvalue weighted by atomic mass is 9.85. The lowest BCUT2D eigenvalue weighted by molar-refractivity contribution is -0.118. The summed E-state index contributed by atoms with van der Waals surface area (Å²) in [4.78, 5) is 50.0. The molecule has 0 unspecified atom stereocenters. The highest BCUT2D eigenvalue weighted by molar-refractivity contribution is 14.1. The Morgan fingerprint density at radius 2 is 1.90 bits per heavy atom. The highest BCUT2D eigenvalue weighted by Crippen LogP contribution is 2.38. The monoisotopic (exact) mass is 667 g/mol. The molecule has 3 N–H and O–H groups in total. The van der Waals surface area contributed by atoms with Crippen LogP contribution in [0.5, 0.6) is 0 Å². The molecule has 12 nitrogen and oxygen atoms in total. The molecule has 2 aromatic heterocycles. The van der Waals surface area contributed by atoms with Gasteiger partial charge in [-0.3, -0.25) is 14.4 Å². The summed E-state index contributed by atoms with van der Waals surface area (Å²) >= 11 is 8.55. The summed E-state index contributed by atoms with van der Waals surface area (Å²) < 4.78 is 7.60. The van der Waals surface area contributed by atoms with E-state index in [0.29, 0.717) is 32.0 Å². The van der Waals surface area contributed by atoms with Gasteiger partial charge in [0.15, 0.2) is 0 Å². The molecule has 2 aromatic carbocycles. The molecule has 0 bridgehead atoms. The summed E-state index contributed by atoms with van der Waals surface area (Å²) in [6.45, 7) is 8.33. The SMILES string of the molecule is Cc1ccc([C@H](Nc2c(Nc3ccc(Cl)c(CN(C=O)CCn4nn[nH]c4=O)c3I)c(=O)c2=O)C(C)(C)C)o1. The van der Waals surface area contributed by atoms with Crippen LogP contribution in [-0.4, -0.2) is 38.1 Å². The van der Waals surface area contributed by atoms with Crippen molar-refractivity contribution in [2.75, 3.05) is 17.2 Å². The zero-order chi connectivity index (χ0) is 28.5. The molecule has 0 fully saturated rings. The lowest BCUT2D eigenvalue weighted by Gasteiger charge is -2.31. The molecule has 0 spiro atoms. The van der Waals surface area contributed by atoms with Gasteiger partial charge in [0.2, 0.25) is 6.41 Å². The predicted octanol–water partition coefficient (Wildman–Crippen LogP) is 3.32. The van der Waals surface area contributed by atoms with Crippen molar-refractivity contribution in [1.29, 1.82) is 0 Å². The fraction of sp³-hybridized carbons (Fsp3) is 0.360. The van der Waals surface area contributed by atoms with E-state index in [4.69, 9.17) is 16.0 Å². The van der Waals surface area contributed by atoms with E-state index in [1.165, 1.54) is 4.90 Å². The van der Waals surface area contributed by atoms with Crippen LogP contribution in [0.1, 0.15) is 43.9 Å². The van der Waals surface area contributed by atoms with Crippen LogP contribution < -0.4 is 27.2 Å². The lowest BCUT2D eigenvalue weighted by Crippen LogP contribution is -2.39. The van der Waals surface area contributed by atoms with E-state index in [1.54, 1.807) is 12.1 Å². The van der Waals surface area contributed by atoms with Crippen molar-refractivity contribution in [3.05, 3.63) is 80.9 Å². The molecule has 0 aliphatic carbocycles. The average Bonchev–Trinajstić information content (AvgIpc) is 3.50. The number of rotatable bonds is 11. The normalized spacial score (nSPS) is 12.5. The molecule has 0 saturated carbocycles. The first-order valence-electron chi connectivity index (χ1n) is 12.0. The Morgan fingerprint density at radius 1 is 1.18 bits per heavy atom. The summed E-state index contributed by atoms with van der Waals surface area (Å²) in [6, 6.07) is 6.68. The fourth-order valence-electron chi connectivity index (χ4n) is 4.05. The molecule has 0 aliphatic heterocycles. The Labute approximate surface area is 241 Å². The van der Waals surface area contributed by atoms with E-state index in [2.05, 4.69) is 48.7 Å². The van der Waals surface area contributed by atoms with Gasteiger partial charge in [0.25, 0.3) is 10.9 Å². The molecule has 2 heterocycles. The van der Waals surface area contributed by atoms with E-state index < -0.39 is 16.5 Å². The second kappa shape index (κ2) is 11.3. The quantitative estimate of drug-likeness (QED) is 0.124. The van der Waals surface area contributed by atoms with Gasteiger partial charge in [-0.05, 0) is 69.6 Å². The van der Waals surface area contributed by atoms with Crippen molar-refractivity contribution in [3.8, 4) is 0 Å². The number of aromatic amines is 1. The number of tetrazole rings is 1. The maximum absolute atomic E-state index is 12.6. The number of aryl methyl sites for hydroxylation is 1. The van der Waals surface area contributed by atoms with Gasteiger partial charge < -0.3 is 20.0 Å². The van der Waals surface area contributed by atoms with Crippen LogP contribution in [0.4, 0.5) is 17.1 Å². The van der Waals surface area contributed by atoms with Crippen LogP contribution in [0.15, 0.2) is 43.1 Å². The van der Waals surface area contributed by atoms with Crippen molar-refractivity contribution in [2.45, 2.75) is 46.8 Å². The van der Waals surface area contributed by atoms with Crippen LogP contribution >= 0.6 is 34.2 Å². The molecule has 0 aliphatic rings. The second-order valence-corrected chi connectivity index (χ2v) is 11.6. The number of hydrogen-bond acceptors (Lipinski definition) is 9. The number of carbonyl (C=O) groups excluding carboxylic acids is 1. The van der Waals surface area contributed by atoms with Gasteiger partial charge in [0, 0.05) is 27.2 Å². The molecule has 39 heavy (non-hydrogen) atoms. The smallest absolute Gasteiger partial charge is 0.361 e. The summed E-state index contributed by atoms with van der Waals surface area (Å²) in [5.41, 5.74) is -0.574. The molecule has 1 amide bonds. The Morgan fingerprint density at radius 3 is 2.49 bits per heavy atom. The van der Waals surface area contributed by atoms with Gasteiger partial charge in [-0.1, -0.05) is 32.4 Å². The summed E-state index contributed by atoms with van der Waals surface area (Å²) in [7, 11) is 0. The Balaban J connectivity index is 1.57. The van der Waals surface area contributed by atoms with Gasteiger partial charge in [-0.25, -0.2) is 9.89 Å². The molecular formula is C25H27ClIN7O5. The molecule has 1 atom stereocenters. The number of furan rings is 1. The van der Waals surface area contributed by atoms with Crippen LogP contribution in [0, 0.1) is 15.9 Å². The van der Waals surface area contributed by atoms with E-state index in [-0.39, 0.29) is 42.5 Å². The number of halogens is 2. The number of carbonyl (C=O) groups is 1. The van der Waals surface area contributed by atoms with E-state index in [9.17, 15) is 19.2 Å². The Bertz CT molecular complexity index is 1630. The van der Waals surface area contributed by atoms with Crippen molar-refractivity contribution >= 4 is 57.7 Å². The average molecular weight is 668 g/mol. The number of hydrogen-bond donors (Lipinski definition) is 3. The van der Waals surface area contributed by atoms with Gasteiger partial charge in [0.05, 0.1) is 18.3 Å². The molecule has 4 aromatic rings. The number of benzene rings is 1. The van der Waals surface area contributed by atoms with Crippen LogP contribution in [0.3, 0.4) is 0 Å². The van der Waals surface area contributed by atoms with Crippen molar-refractivity contribution in [3.63, 3.8) is 0 Å². The first-order valence-corrected chi connectivity index (χ1v) is 13.4. The first kappa shape index (κ1) is 28.5. The van der Waals surface area contributed by atoms with Crippen LogP contribution in [0.25, 0.3) is 0 Å². The van der Waals surface area contributed by atoms with Gasteiger partial charge >= 0.3 is 5.69 Å². The summed E-state index contributed by atoms with van der Waals surface area (Å²) in [6.07, 6.45) is 0.652. The number of H-pyrrole nitrogens is 1. The third-order valence-electron chi connectivity index (χ3n) is 6.20. The van der Waals surface area contributed by atoms with E-state index in [0.717, 1.165) is 10.4 Å². The Kier molecular flexibility index (Phi) is 8.30. The Hall–Kier alpha value is -3.46. The topological polar surface area (TPSA) is 155 Å². The van der Waals surface area contributed by atoms with Crippen LogP contribution in [-0.2, 0) is 17.9 Å². The number of nitrogens with one attached hydrogen (secondary N) is 3. The molecule has 0 radical (unpaired) electrons. The highest BCUT2D eigenvalue weighted by atomic mass is 127. The maximum Gasteiger partial charge on any atom is 0.361 e. The number of nitrogens with zero attached hydrogens (tertiary/aromatic N) is 4. The number of aromatic nitrogens is 4. The zero-order valence-electron chi connectivity index (χ0n) is 21.7. The molecule has 206 valence electrons. The third kappa shape index (κ3) is 6.08. The molecular weight excluding hydrogens is 641 g/mol. The zero-order valence-corrected chi connectivity index (χ0v) is 24.6. The number of anilines is 3. The van der Waals surface area contributed by atoms with Crippen molar-refractivity contribution in [2.24, 2.45) is 5.41 Å². The summed E-state index contributed by atoms with van der Waals surface area (Å²) in [5.74, 6) is 1.40. The first-order chi connectivity index (χ1) is 18.4. The van der Waals surface area contributed by atoms with Crippen molar-refractivity contribution < 1.29 is 9.21 Å². The highest BCUT2D eigenvalue weighted by Gasteiger charge is 2.33. The van der Waals surface area contributed by atoms with Gasteiger partial charge in [-0.2, -0.15) is 4.68 Å². The third-order valence-corrected chi connectivity index (χ3v) is 7.78. The van der Waals surface area contributed by atoms with Crippen molar-refractivity contribution in [1.82, 2.24) is 25.1 Å². The van der Waals surface area contributed by atoms with E-state index in [1.807, 2.05) is 39.8 Å². The second-order valence-electron chi connectivity index (χ2n) is 10.1. The van der Waals surface area contributed by atoms with Crippen LogP contribution in [0.2, 0.25) is 5.02 Å². The largest absolute Gasteiger partial charge is 0.464 e. The van der Waals surface area contributed by atoms with Gasteiger partial charge in [0.1, 0.15) is 22.9 Å². The minimum atomic E-state index is -0.638. The molecule has 4 rings (SSSR count). The minimum absolute atomic E-state index is 0.140. The number of amides is 1. The maximum atomic E-state index is 12.6. The fourth-order valence-corrected chi connectivity index (χ4v) is 5.20. The van der Waals surface area contributed by atoms with Gasteiger partial charge in [-0.15, -0.1) is 0 Å². The van der Waals surface area contributed by atoms with E-state index >= 15 is 0 Å².